The van der Waals surface area contributed by atoms with Crippen LogP contribution in [0.5, 0.6) is 0 Å². The van der Waals surface area contributed by atoms with Gasteiger partial charge < -0.3 is 10.1 Å². The van der Waals surface area contributed by atoms with Crippen molar-refractivity contribution >= 4 is 40.8 Å². The Morgan fingerprint density at radius 1 is 1.36 bits per heavy atom. The maximum Gasteiger partial charge on any atom is 0.360 e. The number of esters is 1. The first-order chi connectivity index (χ1) is 10.5. The Kier molecular flexibility index (Phi) is 5.05. The maximum absolute atomic E-state index is 12.3. The average Bonchev–Trinajstić information content (AvgIpc) is 2.89. The second kappa shape index (κ2) is 6.81. The number of benzene rings is 1. The van der Waals surface area contributed by atoms with E-state index < -0.39 is 11.9 Å². The average molecular weight is 342 g/mol. The molecule has 1 heterocycles. The number of halogens is 2. The van der Waals surface area contributed by atoms with Crippen molar-refractivity contribution in [3.8, 4) is 0 Å². The molecule has 0 bridgehead atoms. The van der Waals surface area contributed by atoms with Crippen LogP contribution < -0.4 is 5.32 Å². The molecule has 1 N–H and O–H groups in total. The molecule has 6 nitrogen and oxygen atoms in total. The number of anilines is 1. The second-order valence-electron chi connectivity index (χ2n) is 4.32. The summed E-state index contributed by atoms with van der Waals surface area (Å²) in [6.07, 6.45) is 1.55. The quantitative estimate of drug-likeness (QED) is 0.866. The first-order valence-electron chi connectivity index (χ1n) is 6.38. The summed E-state index contributed by atoms with van der Waals surface area (Å²) >= 11 is 11.8. The third-order valence-corrected chi connectivity index (χ3v) is 3.44. The van der Waals surface area contributed by atoms with Gasteiger partial charge in [0.25, 0.3) is 5.91 Å². The molecule has 0 saturated heterocycles. The van der Waals surface area contributed by atoms with Crippen LogP contribution in [-0.4, -0.2) is 28.8 Å². The minimum atomic E-state index is -0.635. The van der Waals surface area contributed by atoms with Gasteiger partial charge in [-0.15, -0.1) is 0 Å². The summed E-state index contributed by atoms with van der Waals surface area (Å²) in [5.41, 5.74) is 0.527. The molecule has 0 unspecified atom stereocenters. The highest BCUT2D eigenvalue weighted by Crippen LogP contribution is 2.23. The van der Waals surface area contributed by atoms with Gasteiger partial charge in [-0.05, 0) is 25.1 Å². The SMILES string of the molecule is CCn1cc(NC(=O)c2ccc(Cl)cc2Cl)c(C(=O)OC)n1. The van der Waals surface area contributed by atoms with Gasteiger partial charge in [0.1, 0.15) is 0 Å². The Balaban J connectivity index is 2.31. The fourth-order valence-electron chi connectivity index (χ4n) is 1.79. The molecular formula is C14H13Cl2N3O3. The zero-order chi connectivity index (χ0) is 16.3. The lowest BCUT2D eigenvalue weighted by molar-refractivity contribution is 0.0594. The van der Waals surface area contributed by atoms with Crippen LogP contribution in [0.4, 0.5) is 5.69 Å². The molecule has 1 aromatic carbocycles. The van der Waals surface area contributed by atoms with Crippen molar-refractivity contribution in [3.05, 3.63) is 45.7 Å². The lowest BCUT2D eigenvalue weighted by atomic mass is 10.2. The Labute approximate surface area is 137 Å². The smallest absolute Gasteiger partial charge is 0.360 e. The zero-order valence-corrected chi connectivity index (χ0v) is 13.4. The molecule has 0 spiro atoms. The second-order valence-corrected chi connectivity index (χ2v) is 5.16. The van der Waals surface area contributed by atoms with Crippen molar-refractivity contribution in [2.24, 2.45) is 0 Å². The molecule has 0 saturated carbocycles. The molecule has 1 aromatic heterocycles. The molecule has 2 aromatic rings. The van der Waals surface area contributed by atoms with Gasteiger partial charge in [0, 0.05) is 17.8 Å². The van der Waals surface area contributed by atoms with Crippen LogP contribution >= 0.6 is 23.2 Å². The van der Waals surface area contributed by atoms with Gasteiger partial charge in [-0.2, -0.15) is 5.10 Å². The van der Waals surface area contributed by atoms with E-state index in [0.717, 1.165) is 0 Å². The third kappa shape index (κ3) is 3.40. The molecular weight excluding hydrogens is 329 g/mol. The van der Waals surface area contributed by atoms with E-state index in [-0.39, 0.29) is 22.0 Å². The van der Waals surface area contributed by atoms with Crippen LogP contribution in [0.3, 0.4) is 0 Å². The minimum absolute atomic E-state index is 0.0304. The standard InChI is InChI=1S/C14H13Cl2N3O3/c1-3-19-7-11(12(18-19)14(21)22-2)17-13(20)9-5-4-8(15)6-10(9)16/h4-7H,3H2,1-2H3,(H,17,20). The van der Waals surface area contributed by atoms with Crippen LogP contribution in [0.2, 0.25) is 10.0 Å². The fraction of sp³-hybridized carbons (Fsp3) is 0.214. The minimum Gasteiger partial charge on any atom is -0.464 e. The number of methoxy groups -OCH3 is 1. The summed E-state index contributed by atoms with van der Waals surface area (Å²) in [6, 6.07) is 4.52. The summed E-state index contributed by atoms with van der Waals surface area (Å²) in [7, 11) is 1.25. The van der Waals surface area contributed by atoms with E-state index in [0.29, 0.717) is 11.6 Å². The summed E-state index contributed by atoms with van der Waals surface area (Å²) in [5.74, 6) is -1.10. The molecule has 1 amide bonds. The number of amides is 1. The van der Waals surface area contributed by atoms with E-state index >= 15 is 0 Å². The Morgan fingerprint density at radius 2 is 2.09 bits per heavy atom. The fourth-order valence-corrected chi connectivity index (χ4v) is 2.28. The first-order valence-corrected chi connectivity index (χ1v) is 7.14. The Morgan fingerprint density at radius 3 is 2.68 bits per heavy atom. The molecule has 8 heteroatoms. The highest BCUT2D eigenvalue weighted by molar-refractivity contribution is 6.37. The topological polar surface area (TPSA) is 73.2 Å². The first kappa shape index (κ1) is 16.3. The van der Waals surface area contributed by atoms with E-state index in [4.69, 9.17) is 23.2 Å². The highest BCUT2D eigenvalue weighted by atomic mass is 35.5. The van der Waals surface area contributed by atoms with Gasteiger partial charge in [-0.3, -0.25) is 9.48 Å². The van der Waals surface area contributed by atoms with Gasteiger partial charge in [0.15, 0.2) is 5.69 Å². The summed E-state index contributed by atoms with van der Waals surface area (Å²) < 4.78 is 6.17. The molecule has 0 radical (unpaired) electrons. The largest absolute Gasteiger partial charge is 0.464 e. The molecule has 0 aliphatic carbocycles. The van der Waals surface area contributed by atoms with Gasteiger partial charge in [0.2, 0.25) is 0 Å². The van der Waals surface area contributed by atoms with Crippen LogP contribution in [0, 0.1) is 0 Å². The van der Waals surface area contributed by atoms with Crippen LogP contribution in [0.15, 0.2) is 24.4 Å². The number of aryl methyl sites for hydroxylation is 1. The molecule has 0 fully saturated rings. The summed E-state index contributed by atoms with van der Waals surface area (Å²) in [5, 5.41) is 7.30. The highest BCUT2D eigenvalue weighted by Gasteiger charge is 2.20. The van der Waals surface area contributed by atoms with E-state index in [9.17, 15) is 9.59 Å². The predicted molar refractivity (Wildman–Crippen MR) is 83.7 cm³/mol. The molecule has 0 atom stereocenters. The number of ether oxygens (including phenoxy) is 1. The number of carbonyl (C=O) groups is 2. The molecule has 2 rings (SSSR count). The lowest BCUT2D eigenvalue weighted by Gasteiger charge is -2.06. The van der Waals surface area contributed by atoms with Crippen molar-refractivity contribution in [2.45, 2.75) is 13.5 Å². The predicted octanol–water partition coefficient (Wildman–Crippen LogP) is 3.25. The van der Waals surface area contributed by atoms with Gasteiger partial charge in [-0.25, -0.2) is 4.79 Å². The van der Waals surface area contributed by atoms with E-state index in [1.807, 2.05) is 6.92 Å². The van der Waals surface area contributed by atoms with E-state index in [1.165, 1.54) is 23.9 Å². The summed E-state index contributed by atoms with van der Waals surface area (Å²) in [4.78, 5) is 24.0. The van der Waals surface area contributed by atoms with Gasteiger partial charge in [-0.1, -0.05) is 23.2 Å². The number of nitrogens with zero attached hydrogens (tertiary/aromatic N) is 2. The van der Waals surface area contributed by atoms with E-state index in [2.05, 4.69) is 15.2 Å². The molecule has 116 valence electrons. The lowest BCUT2D eigenvalue weighted by Crippen LogP contribution is -2.15. The van der Waals surface area contributed by atoms with E-state index in [1.54, 1.807) is 12.3 Å². The van der Waals surface area contributed by atoms with Gasteiger partial charge in [0.05, 0.1) is 23.4 Å². The Hall–Kier alpha value is -2.05. The molecule has 0 aliphatic heterocycles. The van der Waals surface area contributed by atoms with Crippen LogP contribution in [0.1, 0.15) is 27.8 Å². The Bertz CT molecular complexity index is 728. The normalized spacial score (nSPS) is 10.4. The molecule has 22 heavy (non-hydrogen) atoms. The summed E-state index contributed by atoms with van der Waals surface area (Å²) in [6.45, 7) is 2.40. The van der Waals surface area contributed by atoms with Crippen molar-refractivity contribution in [1.29, 1.82) is 0 Å². The maximum atomic E-state index is 12.3. The number of aromatic nitrogens is 2. The number of nitrogens with one attached hydrogen (secondary N) is 1. The van der Waals surface area contributed by atoms with Gasteiger partial charge >= 0.3 is 5.97 Å². The van der Waals surface area contributed by atoms with Crippen molar-refractivity contribution in [2.75, 3.05) is 12.4 Å². The number of rotatable bonds is 4. The van der Waals surface area contributed by atoms with Crippen LogP contribution in [-0.2, 0) is 11.3 Å². The van der Waals surface area contributed by atoms with Crippen LogP contribution in [0.25, 0.3) is 0 Å². The number of hydrogen-bond donors (Lipinski definition) is 1. The zero-order valence-electron chi connectivity index (χ0n) is 11.9. The monoisotopic (exact) mass is 341 g/mol. The number of hydrogen-bond acceptors (Lipinski definition) is 4. The molecule has 0 aliphatic rings. The third-order valence-electron chi connectivity index (χ3n) is 2.89. The van der Waals surface area contributed by atoms with Crippen molar-refractivity contribution in [3.63, 3.8) is 0 Å². The number of carbonyl (C=O) groups excluding carboxylic acids is 2. The van der Waals surface area contributed by atoms with Crippen molar-refractivity contribution < 1.29 is 14.3 Å². The van der Waals surface area contributed by atoms with Crippen molar-refractivity contribution in [1.82, 2.24) is 9.78 Å².